The molecule has 0 saturated carbocycles. The number of aryl methyl sites for hydroxylation is 2. The van der Waals surface area contributed by atoms with Gasteiger partial charge >= 0.3 is 6.85 Å². The molecule has 13 rings (SSSR count). The van der Waals surface area contributed by atoms with Crippen LogP contribution in [0.1, 0.15) is 139 Å². The minimum atomic E-state index is -0.233. The maximum Gasteiger partial charge on any atom is 0.333 e. The summed E-state index contributed by atoms with van der Waals surface area (Å²) in [6.07, 6.45) is 4.70. The first kappa shape index (κ1) is 45.3. The molecule has 0 bridgehead atoms. The van der Waals surface area contributed by atoms with Gasteiger partial charge in [-0.2, -0.15) is 0 Å². The smallest absolute Gasteiger partial charge is 0.333 e. The Morgan fingerprint density at radius 1 is 0.375 bits per heavy atom. The average Bonchev–Trinajstić information content (AvgIpc) is 3.60. The molecular formula is C69H69BN2. The van der Waals surface area contributed by atoms with Crippen LogP contribution in [0.4, 0.5) is 28.4 Å². The van der Waals surface area contributed by atoms with Crippen LogP contribution in [0.2, 0.25) is 0 Å². The first-order chi connectivity index (χ1) is 34.3. The number of hydrogen-bond acceptors (Lipinski definition) is 2. The van der Waals surface area contributed by atoms with E-state index in [0.29, 0.717) is 0 Å². The van der Waals surface area contributed by atoms with E-state index in [9.17, 15) is 0 Å². The Morgan fingerprint density at radius 2 is 0.875 bits per heavy atom. The predicted octanol–water partition coefficient (Wildman–Crippen LogP) is 17.3. The van der Waals surface area contributed by atoms with Crippen LogP contribution in [0, 0.1) is 13.8 Å². The van der Waals surface area contributed by atoms with Crippen LogP contribution in [-0.4, -0.2) is 6.85 Å². The highest BCUT2D eigenvalue weighted by Crippen LogP contribution is 2.60. The van der Waals surface area contributed by atoms with E-state index in [2.05, 4.69) is 244 Å². The van der Waals surface area contributed by atoms with Gasteiger partial charge in [-0.15, -0.1) is 0 Å². The highest BCUT2D eigenvalue weighted by Gasteiger charge is 2.51. The second kappa shape index (κ2) is 15.2. The van der Waals surface area contributed by atoms with Gasteiger partial charge in [0.25, 0.3) is 0 Å². The molecule has 0 radical (unpaired) electrons. The second-order valence-electron chi connectivity index (χ2n) is 25.5. The molecule has 5 aliphatic rings. The van der Waals surface area contributed by atoms with Gasteiger partial charge < -0.3 is 9.71 Å². The summed E-state index contributed by atoms with van der Waals surface area (Å²) >= 11 is 0. The quantitative estimate of drug-likeness (QED) is 0.162. The third kappa shape index (κ3) is 6.41. The summed E-state index contributed by atoms with van der Waals surface area (Å²) in [7, 11) is 0. The zero-order valence-electron chi connectivity index (χ0n) is 44.7. The van der Waals surface area contributed by atoms with Crippen LogP contribution in [-0.2, 0) is 27.1 Å². The van der Waals surface area contributed by atoms with E-state index in [1.165, 1.54) is 148 Å². The number of nitrogens with zero attached hydrogens (tertiary/aromatic N) is 2. The van der Waals surface area contributed by atoms with Gasteiger partial charge in [-0.25, -0.2) is 0 Å². The summed E-state index contributed by atoms with van der Waals surface area (Å²) in [6, 6.07) is 59.3. The van der Waals surface area contributed by atoms with Gasteiger partial charge in [-0.1, -0.05) is 184 Å². The molecule has 0 amide bonds. The van der Waals surface area contributed by atoms with Crippen molar-refractivity contribution < 1.29 is 0 Å². The first-order valence-electron chi connectivity index (χ1n) is 26.9. The Hall–Kier alpha value is -6.58. The van der Waals surface area contributed by atoms with Crippen LogP contribution in [0.3, 0.4) is 0 Å². The lowest BCUT2D eigenvalue weighted by molar-refractivity contribution is 0.332. The van der Waals surface area contributed by atoms with Crippen LogP contribution in [0.15, 0.2) is 152 Å². The molecule has 3 heteroatoms. The number of rotatable bonds is 4. The summed E-state index contributed by atoms with van der Waals surface area (Å²) < 4.78 is 0. The van der Waals surface area contributed by atoms with Gasteiger partial charge in [0.05, 0.1) is 5.69 Å². The van der Waals surface area contributed by atoms with Crippen molar-refractivity contribution in [1.82, 2.24) is 0 Å². The molecule has 0 fully saturated rings. The lowest BCUT2D eigenvalue weighted by Crippen LogP contribution is -2.62. The number of fused-ring (bicyclic) bond motifs is 10. The summed E-state index contributed by atoms with van der Waals surface area (Å²) in [6.45, 7) is 29.4. The average molecular weight is 937 g/mol. The zero-order chi connectivity index (χ0) is 50.0. The molecule has 2 heterocycles. The van der Waals surface area contributed by atoms with E-state index >= 15 is 0 Å². The van der Waals surface area contributed by atoms with E-state index in [-0.39, 0.29) is 33.9 Å². The van der Waals surface area contributed by atoms with Gasteiger partial charge in [-0.05, 0) is 186 Å². The molecule has 8 aromatic rings. The zero-order valence-corrected chi connectivity index (χ0v) is 44.7. The highest BCUT2D eigenvalue weighted by molar-refractivity contribution is 6.94. The number of benzene rings is 8. The van der Waals surface area contributed by atoms with Gasteiger partial charge in [0.1, 0.15) is 0 Å². The molecule has 3 aliphatic carbocycles. The van der Waals surface area contributed by atoms with Crippen molar-refractivity contribution in [3.05, 3.63) is 196 Å². The normalized spacial score (nSPS) is 18.5. The third-order valence-electron chi connectivity index (χ3n) is 18.8. The molecule has 2 nitrogen and oxygen atoms in total. The number of anilines is 5. The van der Waals surface area contributed by atoms with Gasteiger partial charge in [0.15, 0.2) is 0 Å². The molecular weight excluding hydrogens is 868 g/mol. The first-order valence-corrected chi connectivity index (χ1v) is 26.9. The Balaban J connectivity index is 1.21. The van der Waals surface area contributed by atoms with E-state index in [1.807, 2.05) is 0 Å². The number of hydrogen-bond donors (Lipinski definition) is 0. The molecule has 0 spiro atoms. The van der Waals surface area contributed by atoms with E-state index in [4.69, 9.17) is 0 Å². The summed E-state index contributed by atoms with van der Waals surface area (Å²) in [5.74, 6) is 0. The molecule has 2 aliphatic heterocycles. The van der Waals surface area contributed by atoms with Crippen molar-refractivity contribution >= 4 is 46.2 Å². The van der Waals surface area contributed by atoms with Crippen LogP contribution >= 0.6 is 0 Å². The molecule has 0 saturated heterocycles. The maximum absolute atomic E-state index is 2.80. The standard InChI is InChI=1S/C69H69BN2/c1-42-35-52-54(67(7,8)33-31-65(52,3)4)40-59(42)71-61-38-47(45-23-17-14-18-24-45)27-29-57(61)70-63-50(39-56-62(64(63)71)48-25-19-20-26-51(48)69(56,11)12)49-37-46(44-21-15-13-16-22-44)28-30-58(49)72(70)60-41-55-53(36-43(60)2)66(5,6)32-34-68(55,9)10/h13-30,35-41H,31-34H2,1-12H3. The van der Waals surface area contributed by atoms with E-state index in [1.54, 1.807) is 0 Å². The Morgan fingerprint density at radius 3 is 1.47 bits per heavy atom. The largest absolute Gasteiger partial charge is 0.376 e. The molecule has 0 atom stereocenters. The summed E-state index contributed by atoms with van der Waals surface area (Å²) in [5.41, 5.74) is 30.9. The molecule has 0 aromatic heterocycles. The third-order valence-corrected chi connectivity index (χ3v) is 18.8. The Labute approximate surface area is 430 Å². The fourth-order valence-electron chi connectivity index (χ4n) is 14.2. The predicted molar refractivity (Wildman–Crippen MR) is 309 cm³/mol. The van der Waals surface area contributed by atoms with Crippen LogP contribution in [0.5, 0.6) is 0 Å². The Bertz CT molecular complexity index is 3590. The van der Waals surface area contributed by atoms with Crippen molar-refractivity contribution in [3.63, 3.8) is 0 Å². The van der Waals surface area contributed by atoms with E-state index in [0.717, 1.165) is 6.42 Å². The minimum absolute atomic E-state index is 0.0306. The maximum atomic E-state index is 2.80. The van der Waals surface area contributed by atoms with Gasteiger partial charge in [0, 0.05) is 39.3 Å². The van der Waals surface area contributed by atoms with Crippen molar-refractivity contribution in [1.29, 1.82) is 0 Å². The molecule has 0 unspecified atom stereocenters. The van der Waals surface area contributed by atoms with Gasteiger partial charge in [0.2, 0.25) is 0 Å². The Kier molecular flexibility index (Phi) is 9.59. The van der Waals surface area contributed by atoms with Crippen LogP contribution in [0.25, 0.3) is 44.5 Å². The molecule has 0 N–H and O–H groups in total. The summed E-state index contributed by atoms with van der Waals surface area (Å²) in [4.78, 5) is 5.57. The fraction of sp³-hybridized carbons (Fsp3) is 0.304. The topological polar surface area (TPSA) is 6.48 Å². The molecule has 72 heavy (non-hydrogen) atoms. The summed E-state index contributed by atoms with van der Waals surface area (Å²) in [5, 5.41) is 0. The van der Waals surface area contributed by atoms with Crippen LogP contribution < -0.4 is 20.6 Å². The molecule has 358 valence electrons. The fourth-order valence-corrected chi connectivity index (χ4v) is 14.2. The SMILES string of the molecule is Cc1cc2c(cc1N1B3c4ccc(-c5ccccc5)cc4N(c4cc5c(cc4C)C(C)(C)CCC5(C)C)c4c3c(cc3c4-c4ccccc4C3(C)C)-c3cc(-c4ccccc4)ccc31)C(C)(C)CCC2(C)C. The lowest BCUT2D eigenvalue weighted by atomic mass is 9.42. The second-order valence-corrected chi connectivity index (χ2v) is 25.5. The van der Waals surface area contributed by atoms with Crippen molar-refractivity contribution in [2.45, 2.75) is 136 Å². The minimum Gasteiger partial charge on any atom is -0.376 e. The lowest BCUT2D eigenvalue weighted by Gasteiger charge is -2.49. The van der Waals surface area contributed by atoms with Crippen molar-refractivity contribution in [2.75, 3.05) is 9.71 Å². The highest BCUT2D eigenvalue weighted by atomic mass is 15.2. The molecule has 8 aromatic carbocycles. The van der Waals surface area contributed by atoms with Crippen molar-refractivity contribution in [2.24, 2.45) is 0 Å². The van der Waals surface area contributed by atoms with Gasteiger partial charge in [-0.3, -0.25) is 0 Å². The monoisotopic (exact) mass is 937 g/mol. The van der Waals surface area contributed by atoms with E-state index < -0.39 is 0 Å². The van der Waals surface area contributed by atoms with Crippen molar-refractivity contribution in [3.8, 4) is 44.5 Å².